The first kappa shape index (κ1) is 18.2. The van der Waals surface area contributed by atoms with E-state index in [9.17, 15) is 4.79 Å². The van der Waals surface area contributed by atoms with Crippen molar-refractivity contribution in [1.29, 1.82) is 0 Å². The van der Waals surface area contributed by atoms with Crippen molar-refractivity contribution in [2.45, 2.75) is 63.5 Å². The summed E-state index contributed by atoms with van der Waals surface area (Å²) in [4.78, 5) is 20.7. The zero-order chi connectivity index (χ0) is 17.9. The molecule has 4 rings (SSSR count). The number of hydrogen-bond acceptors (Lipinski definition) is 4. The Labute approximate surface area is 157 Å². The second kappa shape index (κ2) is 8.24. The van der Waals surface area contributed by atoms with E-state index in [1.165, 1.54) is 71.4 Å². The van der Waals surface area contributed by atoms with E-state index in [4.69, 9.17) is 0 Å². The summed E-state index contributed by atoms with van der Waals surface area (Å²) in [6, 6.07) is 5.68. The molecular weight excluding hydrogens is 324 g/mol. The van der Waals surface area contributed by atoms with Crippen LogP contribution in [-0.4, -0.2) is 66.1 Å². The quantitative estimate of drug-likeness (QED) is 0.864. The highest BCUT2D eigenvalue weighted by molar-refractivity contribution is 5.18. The summed E-state index contributed by atoms with van der Waals surface area (Å²) in [7, 11) is 0. The van der Waals surface area contributed by atoms with E-state index < -0.39 is 0 Å². The third-order valence-electron chi connectivity index (χ3n) is 6.93. The van der Waals surface area contributed by atoms with Crippen LogP contribution in [0, 0.1) is 0 Å². The summed E-state index contributed by atoms with van der Waals surface area (Å²) in [5, 5.41) is 3.48. The number of pyridine rings is 1. The van der Waals surface area contributed by atoms with E-state index in [-0.39, 0.29) is 5.56 Å². The van der Waals surface area contributed by atoms with Gasteiger partial charge in [-0.2, -0.15) is 0 Å². The minimum Gasteiger partial charge on any atom is -0.326 e. The Morgan fingerprint density at radius 1 is 0.962 bits per heavy atom. The number of H-pyrrole nitrogens is 1. The topological polar surface area (TPSA) is 51.4 Å². The molecule has 2 N–H and O–H groups in total. The van der Waals surface area contributed by atoms with E-state index in [0.717, 1.165) is 23.7 Å². The van der Waals surface area contributed by atoms with E-state index in [2.05, 4.69) is 26.2 Å². The Kier molecular flexibility index (Phi) is 5.77. The molecule has 0 amide bonds. The summed E-state index contributed by atoms with van der Waals surface area (Å²) in [6.45, 7) is 9.30. The van der Waals surface area contributed by atoms with Crippen molar-refractivity contribution < 1.29 is 0 Å². The maximum absolute atomic E-state index is 12.1. The predicted molar refractivity (Wildman–Crippen MR) is 106 cm³/mol. The Morgan fingerprint density at radius 2 is 1.65 bits per heavy atom. The molecule has 1 aromatic heterocycles. The van der Waals surface area contributed by atoms with Gasteiger partial charge in [0.15, 0.2) is 0 Å². The number of aryl methyl sites for hydroxylation is 1. The Morgan fingerprint density at radius 3 is 2.31 bits per heavy atom. The lowest BCUT2D eigenvalue weighted by atomic mass is 10.0. The van der Waals surface area contributed by atoms with E-state index >= 15 is 0 Å². The molecule has 0 aromatic carbocycles. The van der Waals surface area contributed by atoms with Crippen molar-refractivity contribution in [2.75, 3.05) is 39.3 Å². The third-order valence-corrected chi connectivity index (χ3v) is 6.93. The molecule has 3 heterocycles. The molecule has 1 saturated carbocycles. The molecule has 3 fully saturated rings. The molecule has 2 unspecified atom stereocenters. The number of nitrogens with one attached hydrogen (secondary N) is 2. The van der Waals surface area contributed by atoms with E-state index in [0.29, 0.717) is 12.0 Å². The summed E-state index contributed by atoms with van der Waals surface area (Å²) < 4.78 is 0. The van der Waals surface area contributed by atoms with Crippen LogP contribution in [-0.2, 0) is 6.42 Å². The predicted octanol–water partition coefficient (Wildman–Crippen LogP) is 1.94. The highest BCUT2D eigenvalue weighted by Gasteiger charge is 2.33. The summed E-state index contributed by atoms with van der Waals surface area (Å²) >= 11 is 0. The Balaban J connectivity index is 1.30. The minimum absolute atomic E-state index is 0.115. The van der Waals surface area contributed by atoms with Crippen LogP contribution in [0.15, 0.2) is 16.9 Å². The maximum atomic E-state index is 12.1. The van der Waals surface area contributed by atoms with Gasteiger partial charge in [0, 0.05) is 55.4 Å². The number of piperidine rings is 1. The van der Waals surface area contributed by atoms with Gasteiger partial charge in [0.25, 0.3) is 5.56 Å². The molecule has 26 heavy (non-hydrogen) atoms. The molecule has 2 saturated heterocycles. The number of hydrogen-bond donors (Lipinski definition) is 2. The van der Waals surface area contributed by atoms with Crippen LogP contribution in [0.2, 0.25) is 0 Å². The fourth-order valence-electron chi connectivity index (χ4n) is 5.25. The van der Waals surface area contributed by atoms with Crippen molar-refractivity contribution in [3.05, 3.63) is 33.7 Å². The Bertz CT molecular complexity index is 644. The number of piperazine rings is 1. The molecule has 5 heteroatoms. The highest BCUT2D eigenvalue weighted by Crippen LogP contribution is 2.36. The van der Waals surface area contributed by atoms with Crippen LogP contribution in [0.3, 0.4) is 0 Å². The van der Waals surface area contributed by atoms with Crippen LogP contribution < -0.4 is 10.9 Å². The summed E-state index contributed by atoms with van der Waals surface area (Å²) in [5.41, 5.74) is 2.17. The van der Waals surface area contributed by atoms with Crippen LogP contribution in [0.1, 0.15) is 56.2 Å². The van der Waals surface area contributed by atoms with Gasteiger partial charge in [-0.25, -0.2) is 0 Å². The van der Waals surface area contributed by atoms with Crippen LogP contribution in [0.4, 0.5) is 0 Å². The molecule has 144 valence electrons. The first-order chi connectivity index (χ1) is 12.7. The van der Waals surface area contributed by atoms with E-state index in [1.54, 1.807) is 0 Å². The summed E-state index contributed by atoms with van der Waals surface area (Å²) in [6.07, 6.45) is 7.12. The number of nitrogens with zero attached hydrogens (tertiary/aromatic N) is 2. The standard InChI is InChI=1S/C21H34N4O/c1-2-16-4-6-20(23-21(16)26)17-3-5-19(15-17)25-13-11-24(12-14-25)18-7-9-22-10-8-18/h4,6,17-19,22H,2-3,5,7-15H2,1H3,(H,23,26). The van der Waals surface area contributed by atoms with Crippen LogP contribution in [0.25, 0.3) is 0 Å². The molecule has 3 aliphatic rings. The lowest BCUT2D eigenvalue weighted by Crippen LogP contribution is -2.54. The van der Waals surface area contributed by atoms with Gasteiger partial charge < -0.3 is 10.3 Å². The first-order valence-electron chi connectivity index (χ1n) is 10.7. The zero-order valence-corrected chi connectivity index (χ0v) is 16.2. The average Bonchev–Trinajstić information content (AvgIpc) is 3.19. The number of rotatable bonds is 4. The molecule has 2 atom stereocenters. The molecule has 1 aliphatic carbocycles. The Hall–Kier alpha value is -1.17. The smallest absolute Gasteiger partial charge is 0.251 e. The average molecular weight is 359 g/mol. The van der Waals surface area contributed by atoms with E-state index in [1.807, 2.05) is 13.0 Å². The van der Waals surface area contributed by atoms with Crippen molar-refractivity contribution in [2.24, 2.45) is 0 Å². The lowest BCUT2D eigenvalue weighted by molar-refractivity contribution is 0.0598. The van der Waals surface area contributed by atoms with Gasteiger partial charge in [0.2, 0.25) is 0 Å². The largest absolute Gasteiger partial charge is 0.326 e. The molecular formula is C21H34N4O. The fraction of sp³-hybridized carbons (Fsp3) is 0.762. The van der Waals surface area contributed by atoms with Gasteiger partial charge in [-0.1, -0.05) is 13.0 Å². The fourth-order valence-corrected chi connectivity index (χ4v) is 5.25. The molecule has 0 spiro atoms. The highest BCUT2D eigenvalue weighted by atomic mass is 16.1. The van der Waals surface area contributed by atoms with Gasteiger partial charge in [-0.05, 0) is 57.7 Å². The van der Waals surface area contributed by atoms with Gasteiger partial charge in [-0.15, -0.1) is 0 Å². The maximum Gasteiger partial charge on any atom is 0.251 e. The molecule has 2 aliphatic heterocycles. The number of aromatic amines is 1. The van der Waals surface area contributed by atoms with Gasteiger partial charge in [-0.3, -0.25) is 14.6 Å². The zero-order valence-electron chi connectivity index (χ0n) is 16.2. The van der Waals surface area contributed by atoms with Crippen molar-refractivity contribution in [1.82, 2.24) is 20.1 Å². The molecule has 0 bridgehead atoms. The first-order valence-corrected chi connectivity index (χ1v) is 10.7. The third kappa shape index (κ3) is 3.90. The summed E-state index contributed by atoms with van der Waals surface area (Å²) in [5.74, 6) is 0.529. The SMILES string of the molecule is CCc1ccc(C2CCC(N3CCN(C4CCNCC4)CC3)C2)[nH]c1=O. The van der Waals surface area contributed by atoms with Gasteiger partial charge in [0.05, 0.1) is 0 Å². The van der Waals surface area contributed by atoms with Crippen LogP contribution >= 0.6 is 0 Å². The van der Waals surface area contributed by atoms with Crippen molar-refractivity contribution >= 4 is 0 Å². The second-order valence-electron chi connectivity index (χ2n) is 8.34. The van der Waals surface area contributed by atoms with Gasteiger partial charge >= 0.3 is 0 Å². The van der Waals surface area contributed by atoms with Crippen LogP contribution in [0.5, 0.6) is 0 Å². The van der Waals surface area contributed by atoms with Crippen molar-refractivity contribution in [3.63, 3.8) is 0 Å². The molecule has 0 radical (unpaired) electrons. The normalized spacial score (nSPS) is 29.3. The number of aromatic nitrogens is 1. The monoisotopic (exact) mass is 358 g/mol. The van der Waals surface area contributed by atoms with Gasteiger partial charge in [0.1, 0.15) is 0 Å². The molecule has 1 aromatic rings. The second-order valence-corrected chi connectivity index (χ2v) is 8.34. The minimum atomic E-state index is 0.115. The lowest BCUT2D eigenvalue weighted by Gasteiger charge is -2.42. The van der Waals surface area contributed by atoms with Crippen molar-refractivity contribution in [3.8, 4) is 0 Å². The molecule has 5 nitrogen and oxygen atoms in total.